The lowest BCUT2D eigenvalue weighted by Gasteiger charge is -2.30. The lowest BCUT2D eigenvalue weighted by molar-refractivity contribution is -0.128. The van der Waals surface area contributed by atoms with Crippen molar-refractivity contribution in [3.8, 4) is 0 Å². The smallest absolute Gasteiger partial charge is 0.338 e. The first-order valence-corrected chi connectivity index (χ1v) is 11.4. The summed E-state index contributed by atoms with van der Waals surface area (Å²) in [5.74, 6) is 0.996. The third kappa shape index (κ3) is 4.28. The van der Waals surface area contributed by atoms with E-state index in [0.29, 0.717) is 21.5 Å². The molecule has 150 valence electrons. The zero-order chi connectivity index (χ0) is 20.4. The van der Waals surface area contributed by atoms with E-state index in [1.165, 1.54) is 17.4 Å². The molecule has 2 aromatic rings. The molecule has 1 N–H and O–H groups in total. The van der Waals surface area contributed by atoms with Gasteiger partial charge in [-0.25, -0.2) is 4.79 Å². The van der Waals surface area contributed by atoms with Crippen molar-refractivity contribution in [1.29, 1.82) is 0 Å². The predicted molar refractivity (Wildman–Crippen MR) is 116 cm³/mol. The molecule has 0 saturated carbocycles. The van der Waals surface area contributed by atoms with E-state index in [-0.39, 0.29) is 12.5 Å². The number of hydrogen-bond acceptors (Lipinski definition) is 6. The Morgan fingerprint density at radius 3 is 2.52 bits per heavy atom. The van der Waals surface area contributed by atoms with Gasteiger partial charge in [0.1, 0.15) is 6.54 Å². The zero-order valence-electron chi connectivity index (χ0n) is 15.8. The molecule has 1 saturated heterocycles. The average Bonchev–Trinajstić information content (AvgIpc) is 3.27. The van der Waals surface area contributed by atoms with Gasteiger partial charge in [0, 0.05) is 11.5 Å². The minimum Gasteiger partial charge on any atom is -0.449 e. The molecule has 4 rings (SSSR count). The van der Waals surface area contributed by atoms with Gasteiger partial charge in [-0.05, 0) is 36.8 Å². The molecule has 2 aliphatic heterocycles. The Hall–Kier alpha value is -2.45. The number of carbonyl (C=O) groups is 3. The zero-order valence-corrected chi connectivity index (χ0v) is 17.4. The van der Waals surface area contributed by atoms with E-state index < -0.39 is 18.0 Å². The fourth-order valence-electron chi connectivity index (χ4n) is 3.26. The molecule has 0 unspecified atom stereocenters. The number of nitrogens with one attached hydrogen (secondary N) is 1. The average molecular weight is 429 g/mol. The summed E-state index contributed by atoms with van der Waals surface area (Å²) in [5, 5.41) is 2.73. The van der Waals surface area contributed by atoms with E-state index in [1.54, 1.807) is 36.4 Å². The number of para-hydroxylation sites is 2. The van der Waals surface area contributed by atoms with Crippen LogP contribution in [0.4, 0.5) is 11.4 Å². The number of nitrogens with zero attached hydrogens (tertiary/aromatic N) is 1. The predicted octanol–water partition coefficient (Wildman–Crippen LogP) is 3.70. The molecule has 0 aromatic heterocycles. The van der Waals surface area contributed by atoms with Crippen LogP contribution >= 0.6 is 23.5 Å². The van der Waals surface area contributed by atoms with Crippen molar-refractivity contribution < 1.29 is 19.1 Å². The van der Waals surface area contributed by atoms with Crippen molar-refractivity contribution >= 4 is 52.7 Å². The normalized spacial score (nSPS) is 17.4. The molecule has 8 heteroatoms. The van der Waals surface area contributed by atoms with Crippen LogP contribution in [0.3, 0.4) is 0 Å². The summed E-state index contributed by atoms with van der Waals surface area (Å²) in [5.41, 5.74) is 2.73. The SMILES string of the molecule is C[C@H](OC(=O)c1ccc(C2SCCS2)cc1)C(=O)N1CC(=O)Nc2ccccc21. The monoisotopic (exact) mass is 428 g/mol. The van der Waals surface area contributed by atoms with Crippen LogP contribution in [0, 0.1) is 0 Å². The number of ether oxygens (including phenoxy) is 1. The van der Waals surface area contributed by atoms with Crippen LogP contribution in [0.1, 0.15) is 27.4 Å². The first-order valence-electron chi connectivity index (χ1n) is 9.27. The number of rotatable bonds is 4. The van der Waals surface area contributed by atoms with Gasteiger partial charge in [-0.2, -0.15) is 0 Å². The molecule has 2 heterocycles. The molecule has 2 aromatic carbocycles. The Balaban J connectivity index is 1.43. The largest absolute Gasteiger partial charge is 0.449 e. The number of esters is 1. The van der Waals surface area contributed by atoms with Crippen LogP contribution in [0.2, 0.25) is 0 Å². The molecular weight excluding hydrogens is 408 g/mol. The summed E-state index contributed by atoms with van der Waals surface area (Å²) in [6.45, 7) is 1.42. The van der Waals surface area contributed by atoms with Crippen LogP contribution in [-0.2, 0) is 14.3 Å². The number of carbonyl (C=O) groups excluding carboxylic acids is 3. The van der Waals surface area contributed by atoms with Crippen molar-refractivity contribution in [2.45, 2.75) is 17.6 Å². The van der Waals surface area contributed by atoms with E-state index in [4.69, 9.17) is 4.74 Å². The van der Waals surface area contributed by atoms with E-state index in [9.17, 15) is 14.4 Å². The summed E-state index contributed by atoms with van der Waals surface area (Å²) in [4.78, 5) is 38.6. The quantitative estimate of drug-likeness (QED) is 0.749. The minimum atomic E-state index is -1.01. The van der Waals surface area contributed by atoms with Crippen molar-refractivity contribution in [1.82, 2.24) is 0 Å². The highest BCUT2D eigenvalue weighted by Gasteiger charge is 2.31. The van der Waals surface area contributed by atoms with E-state index in [2.05, 4.69) is 5.32 Å². The number of amides is 2. The Morgan fingerprint density at radius 2 is 1.79 bits per heavy atom. The first kappa shape index (κ1) is 19.8. The minimum absolute atomic E-state index is 0.108. The van der Waals surface area contributed by atoms with Gasteiger partial charge in [0.25, 0.3) is 5.91 Å². The highest BCUT2D eigenvalue weighted by atomic mass is 32.2. The Kier molecular flexibility index (Phi) is 5.82. The van der Waals surface area contributed by atoms with Crippen molar-refractivity contribution in [2.75, 3.05) is 28.3 Å². The number of benzene rings is 2. The molecule has 6 nitrogen and oxygen atoms in total. The number of anilines is 2. The molecule has 0 spiro atoms. The molecule has 2 aliphatic rings. The maximum absolute atomic E-state index is 12.9. The molecule has 29 heavy (non-hydrogen) atoms. The van der Waals surface area contributed by atoms with Gasteiger partial charge >= 0.3 is 5.97 Å². The lowest BCUT2D eigenvalue weighted by atomic mass is 10.1. The maximum atomic E-state index is 12.9. The number of thioether (sulfide) groups is 2. The van der Waals surface area contributed by atoms with Gasteiger partial charge in [-0.15, -0.1) is 23.5 Å². The van der Waals surface area contributed by atoms with Crippen LogP contribution in [0.15, 0.2) is 48.5 Å². The molecule has 1 atom stereocenters. The van der Waals surface area contributed by atoms with Crippen LogP contribution in [0.25, 0.3) is 0 Å². The second-order valence-electron chi connectivity index (χ2n) is 6.73. The molecule has 0 aliphatic carbocycles. The van der Waals surface area contributed by atoms with Gasteiger partial charge in [0.15, 0.2) is 6.10 Å². The highest BCUT2D eigenvalue weighted by molar-refractivity contribution is 8.19. The second kappa shape index (κ2) is 8.51. The lowest BCUT2D eigenvalue weighted by Crippen LogP contribution is -2.47. The van der Waals surface area contributed by atoms with Crippen LogP contribution in [-0.4, -0.2) is 41.9 Å². The van der Waals surface area contributed by atoms with E-state index in [1.807, 2.05) is 35.7 Å². The van der Waals surface area contributed by atoms with Gasteiger partial charge in [0.2, 0.25) is 5.91 Å². The first-order chi connectivity index (χ1) is 14.0. The Morgan fingerprint density at radius 1 is 1.10 bits per heavy atom. The fraction of sp³-hybridized carbons (Fsp3) is 0.286. The molecule has 1 fully saturated rings. The van der Waals surface area contributed by atoms with E-state index in [0.717, 1.165) is 11.5 Å². The molecule has 2 amide bonds. The summed E-state index contributed by atoms with van der Waals surface area (Å²) >= 11 is 3.80. The topological polar surface area (TPSA) is 75.7 Å². The van der Waals surface area contributed by atoms with Gasteiger partial charge in [-0.1, -0.05) is 24.3 Å². The van der Waals surface area contributed by atoms with Crippen molar-refractivity contribution in [3.05, 3.63) is 59.7 Å². The van der Waals surface area contributed by atoms with Gasteiger partial charge in [0.05, 0.1) is 21.5 Å². The van der Waals surface area contributed by atoms with Crippen LogP contribution in [0.5, 0.6) is 0 Å². The highest BCUT2D eigenvalue weighted by Crippen LogP contribution is 2.45. The summed E-state index contributed by atoms with van der Waals surface area (Å²) in [7, 11) is 0. The molecular formula is C21H20N2O4S2. The number of hydrogen-bond donors (Lipinski definition) is 1. The third-order valence-corrected chi connectivity index (χ3v) is 7.81. The third-order valence-electron chi connectivity index (χ3n) is 4.71. The van der Waals surface area contributed by atoms with E-state index >= 15 is 0 Å². The standard InChI is InChI=1S/C21H20N2O4S2/c1-13(19(25)23-12-18(24)22-16-4-2-3-5-17(16)23)27-20(26)14-6-8-15(9-7-14)21-28-10-11-29-21/h2-9,13,21H,10-12H2,1H3,(H,22,24)/t13-/m0/s1. The summed E-state index contributed by atoms with van der Waals surface area (Å²) in [6.07, 6.45) is -1.01. The van der Waals surface area contributed by atoms with Crippen molar-refractivity contribution in [2.24, 2.45) is 0 Å². The van der Waals surface area contributed by atoms with Crippen molar-refractivity contribution in [3.63, 3.8) is 0 Å². The Labute approximate surface area is 177 Å². The number of fused-ring (bicyclic) bond motifs is 1. The van der Waals surface area contributed by atoms with Crippen LogP contribution < -0.4 is 10.2 Å². The summed E-state index contributed by atoms with van der Waals surface area (Å²) in [6, 6.07) is 14.4. The second-order valence-corrected chi connectivity index (χ2v) is 9.46. The molecule has 0 radical (unpaired) electrons. The van der Waals surface area contributed by atoms with Gasteiger partial charge in [-0.3, -0.25) is 14.5 Å². The maximum Gasteiger partial charge on any atom is 0.338 e. The fourth-order valence-corrected chi connectivity index (χ4v) is 6.11. The summed E-state index contributed by atoms with van der Waals surface area (Å²) < 4.78 is 5.80. The molecule has 0 bridgehead atoms. The van der Waals surface area contributed by atoms with Gasteiger partial charge < -0.3 is 10.1 Å². The Bertz CT molecular complexity index is 942.